The molecule has 246 valence electrons. The van der Waals surface area contributed by atoms with Gasteiger partial charge in [0.2, 0.25) is 17.6 Å². The lowest BCUT2D eigenvalue weighted by atomic mass is 10.0. The van der Waals surface area contributed by atoms with Gasteiger partial charge in [0.1, 0.15) is 24.2 Å². The van der Waals surface area contributed by atoms with Crippen molar-refractivity contribution in [2.75, 3.05) is 13.1 Å². The summed E-state index contributed by atoms with van der Waals surface area (Å²) >= 11 is 0. The number of Topliss-reactive ketones (excluding diaryl/α,β-unsaturated/α-hetero) is 1. The highest BCUT2D eigenvalue weighted by Crippen LogP contribution is 2.22. The summed E-state index contributed by atoms with van der Waals surface area (Å²) in [5.41, 5.74) is 8.55. The highest BCUT2D eigenvalue weighted by Gasteiger charge is 2.39. The highest BCUT2D eigenvalue weighted by atomic mass is 16.5. The van der Waals surface area contributed by atoms with Crippen molar-refractivity contribution in [3.8, 4) is 0 Å². The number of oxazole rings is 1. The molecule has 1 aliphatic rings. The van der Waals surface area contributed by atoms with Crippen molar-refractivity contribution in [1.82, 2.24) is 20.5 Å². The molecule has 1 aromatic heterocycles. The van der Waals surface area contributed by atoms with Gasteiger partial charge in [-0.05, 0) is 74.8 Å². The Labute approximate surface area is 273 Å². The lowest BCUT2D eigenvalue weighted by Gasteiger charge is -2.29. The maximum Gasteiger partial charge on any atom is 0.408 e. The van der Waals surface area contributed by atoms with E-state index in [0.717, 1.165) is 11.1 Å². The van der Waals surface area contributed by atoms with Crippen molar-refractivity contribution in [3.63, 3.8) is 0 Å². The Bertz CT molecular complexity index is 1610. The Kier molecular flexibility index (Phi) is 11.7. The molecule has 1 saturated heterocycles. The van der Waals surface area contributed by atoms with Gasteiger partial charge in [-0.25, -0.2) is 9.78 Å². The largest absolute Gasteiger partial charge is 0.445 e. The number of rotatable bonds is 15. The van der Waals surface area contributed by atoms with E-state index in [1.807, 2.05) is 60.7 Å². The lowest BCUT2D eigenvalue weighted by molar-refractivity contribution is -0.140. The number of nitrogens with zero attached hydrogens (tertiary/aromatic N) is 2. The van der Waals surface area contributed by atoms with Crippen molar-refractivity contribution in [2.45, 2.75) is 69.7 Å². The first-order chi connectivity index (χ1) is 22.9. The summed E-state index contributed by atoms with van der Waals surface area (Å²) in [7, 11) is 0. The Morgan fingerprint density at radius 1 is 0.872 bits per heavy atom. The summed E-state index contributed by atoms with van der Waals surface area (Å²) in [6.45, 7) is 0.852. The quantitative estimate of drug-likeness (QED) is 0.126. The van der Waals surface area contributed by atoms with Crippen LogP contribution in [0.25, 0.3) is 11.1 Å². The van der Waals surface area contributed by atoms with Gasteiger partial charge in [0.25, 0.3) is 5.89 Å². The van der Waals surface area contributed by atoms with Crippen molar-refractivity contribution in [2.24, 2.45) is 5.73 Å². The molecule has 0 radical (unpaired) electrons. The van der Waals surface area contributed by atoms with Gasteiger partial charge in [0.15, 0.2) is 5.58 Å². The highest BCUT2D eigenvalue weighted by molar-refractivity contribution is 6.01. The molecule has 11 heteroatoms. The van der Waals surface area contributed by atoms with Gasteiger partial charge in [-0.15, -0.1) is 0 Å². The lowest BCUT2D eigenvalue weighted by Crippen LogP contribution is -2.55. The number of alkyl carbamates (subject to hydrolysis) is 1. The molecule has 3 amide bonds. The van der Waals surface area contributed by atoms with Gasteiger partial charge in [0.05, 0.1) is 6.04 Å². The zero-order valence-electron chi connectivity index (χ0n) is 26.3. The maximum absolute atomic E-state index is 14.0. The van der Waals surface area contributed by atoms with Crippen molar-refractivity contribution >= 4 is 34.8 Å². The van der Waals surface area contributed by atoms with E-state index in [0.29, 0.717) is 69.1 Å². The van der Waals surface area contributed by atoms with Gasteiger partial charge in [-0.1, -0.05) is 72.8 Å². The monoisotopic (exact) mass is 639 g/mol. The van der Waals surface area contributed by atoms with Crippen molar-refractivity contribution in [1.29, 1.82) is 0 Å². The SMILES string of the molecule is NCCCC[C@H](NC(=O)[C@@H]1CCCN1C(=O)[C@@H](CCc1ccccc1)NC(=O)OCc1ccccc1)C(=O)c1nc2ccccc2o1. The molecular weight excluding hydrogens is 598 g/mol. The average Bonchev–Trinajstić information content (AvgIpc) is 3.77. The number of ether oxygens (including phenoxy) is 1. The number of benzene rings is 3. The smallest absolute Gasteiger partial charge is 0.408 e. The number of amides is 3. The van der Waals surface area contributed by atoms with Crippen LogP contribution in [0.5, 0.6) is 0 Å². The molecule has 3 aromatic carbocycles. The van der Waals surface area contributed by atoms with E-state index in [4.69, 9.17) is 14.9 Å². The number of hydrogen-bond acceptors (Lipinski definition) is 8. The van der Waals surface area contributed by atoms with E-state index in [2.05, 4.69) is 15.6 Å². The van der Waals surface area contributed by atoms with Crippen LogP contribution in [0.4, 0.5) is 4.79 Å². The predicted octanol–water partition coefficient (Wildman–Crippen LogP) is 4.54. The summed E-state index contributed by atoms with van der Waals surface area (Å²) in [5.74, 6) is -1.33. The number of ketones is 1. The fourth-order valence-electron chi connectivity index (χ4n) is 5.78. The van der Waals surface area contributed by atoms with E-state index in [1.165, 1.54) is 4.90 Å². The first-order valence-electron chi connectivity index (χ1n) is 16.1. The average molecular weight is 640 g/mol. The number of hydrogen-bond donors (Lipinski definition) is 3. The van der Waals surface area contributed by atoms with Gasteiger partial charge in [-0.3, -0.25) is 14.4 Å². The van der Waals surface area contributed by atoms with Crippen LogP contribution >= 0.6 is 0 Å². The van der Waals surface area contributed by atoms with E-state index in [1.54, 1.807) is 24.3 Å². The summed E-state index contributed by atoms with van der Waals surface area (Å²) in [6.07, 6.45) is 2.78. The molecular formula is C36H41N5O6. The van der Waals surface area contributed by atoms with E-state index in [9.17, 15) is 19.2 Å². The number of aromatic nitrogens is 1. The molecule has 4 aromatic rings. The Morgan fingerprint density at radius 3 is 2.30 bits per heavy atom. The number of carbonyl (C=O) groups is 4. The molecule has 4 N–H and O–H groups in total. The Morgan fingerprint density at radius 2 is 1.57 bits per heavy atom. The number of carbonyl (C=O) groups excluding carboxylic acids is 4. The predicted molar refractivity (Wildman–Crippen MR) is 176 cm³/mol. The van der Waals surface area contributed by atoms with Crippen LogP contribution in [0, 0.1) is 0 Å². The van der Waals surface area contributed by atoms with Crippen LogP contribution in [0.15, 0.2) is 89.3 Å². The summed E-state index contributed by atoms with van der Waals surface area (Å²) < 4.78 is 11.1. The van der Waals surface area contributed by atoms with Gasteiger partial charge < -0.3 is 30.4 Å². The summed E-state index contributed by atoms with van der Waals surface area (Å²) in [4.78, 5) is 60.0. The van der Waals surface area contributed by atoms with Gasteiger partial charge in [0, 0.05) is 6.54 Å². The molecule has 1 aliphatic heterocycles. The standard InChI is InChI=1S/C36H41N5O6/c37-22-10-9-17-28(32(42)34-39-27-16-7-8-19-31(27)47-34)38-33(43)30-18-11-23-41(30)35(44)29(21-20-25-12-3-1-4-13-25)40-36(45)46-24-26-14-5-2-6-15-26/h1-8,12-16,19,28-30H,9-11,17-18,20-24,37H2,(H,38,43)(H,40,45)/t28-,29+,30-/m0/s1. The molecule has 1 fully saturated rings. The van der Waals surface area contributed by atoms with Crippen molar-refractivity contribution in [3.05, 3.63) is 102 Å². The van der Waals surface area contributed by atoms with E-state index in [-0.39, 0.29) is 18.4 Å². The third kappa shape index (κ3) is 9.04. The fraction of sp³-hybridized carbons (Fsp3) is 0.361. The summed E-state index contributed by atoms with van der Waals surface area (Å²) in [6, 6.07) is 23.4. The van der Waals surface area contributed by atoms with E-state index >= 15 is 0 Å². The first kappa shape index (κ1) is 33.3. The van der Waals surface area contributed by atoms with Gasteiger partial charge in [-0.2, -0.15) is 0 Å². The number of fused-ring (bicyclic) bond motifs is 1. The molecule has 0 saturated carbocycles. The van der Waals surface area contributed by atoms with Crippen LogP contribution in [0.3, 0.4) is 0 Å². The zero-order chi connectivity index (χ0) is 33.0. The second kappa shape index (κ2) is 16.5. The Hall–Kier alpha value is -5.03. The minimum atomic E-state index is -0.923. The van der Waals surface area contributed by atoms with Crippen LogP contribution in [-0.2, 0) is 27.4 Å². The minimum absolute atomic E-state index is 0.0562. The topological polar surface area (TPSA) is 157 Å². The van der Waals surface area contributed by atoms with Crippen LogP contribution in [-0.4, -0.2) is 64.8 Å². The Balaban J connectivity index is 1.28. The molecule has 0 spiro atoms. The number of likely N-dealkylation sites (tertiary alicyclic amines) is 1. The molecule has 0 bridgehead atoms. The molecule has 11 nitrogen and oxygen atoms in total. The maximum atomic E-state index is 14.0. The number of aryl methyl sites for hydroxylation is 1. The third-order valence-electron chi connectivity index (χ3n) is 8.29. The second-order valence-electron chi connectivity index (χ2n) is 11.7. The second-order valence-corrected chi connectivity index (χ2v) is 11.7. The van der Waals surface area contributed by atoms with Crippen molar-refractivity contribution < 1.29 is 28.3 Å². The molecule has 0 aliphatic carbocycles. The molecule has 47 heavy (non-hydrogen) atoms. The van der Waals surface area contributed by atoms with Crippen LogP contribution in [0.1, 0.15) is 60.3 Å². The third-order valence-corrected chi connectivity index (χ3v) is 8.29. The normalized spacial score (nSPS) is 15.6. The number of nitrogens with one attached hydrogen (secondary N) is 2. The minimum Gasteiger partial charge on any atom is -0.445 e. The number of para-hydroxylation sites is 2. The first-order valence-corrected chi connectivity index (χ1v) is 16.1. The van der Waals surface area contributed by atoms with Crippen LogP contribution < -0.4 is 16.4 Å². The van der Waals surface area contributed by atoms with E-state index < -0.39 is 35.9 Å². The number of unbranched alkanes of at least 4 members (excludes halogenated alkanes) is 1. The zero-order valence-corrected chi connectivity index (χ0v) is 26.3. The van der Waals surface area contributed by atoms with Crippen LogP contribution in [0.2, 0.25) is 0 Å². The molecule has 5 rings (SSSR count). The molecule has 3 atom stereocenters. The molecule has 2 heterocycles. The number of nitrogens with two attached hydrogens (primary N) is 1. The molecule has 0 unspecified atom stereocenters. The fourth-order valence-corrected chi connectivity index (χ4v) is 5.78. The van der Waals surface area contributed by atoms with Gasteiger partial charge >= 0.3 is 6.09 Å². The summed E-state index contributed by atoms with van der Waals surface area (Å²) in [5, 5.41) is 5.64.